The minimum absolute atomic E-state index is 0.209. The summed E-state index contributed by atoms with van der Waals surface area (Å²) < 4.78 is 21.1. The molecule has 0 saturated heterocycles. The average molecular weight is 221 g/mol. The zero-order valence-electron chi connectivity index (χ0n) is 7.81. The summed E-state index contributed by atoms with van der Waals surface area (Å²) in [5.41, 5.74) is 0. The van der Waals surface area contributed by atoms with E-state index >= 15 is 0 Å². The van der Waals surface area contributed by atoms with Crippen molar-refractivity contribution in [2.75, 3.05) is 6.54 Å². The van der Waals surface area contributed by atoms with Crippen LogP contribution in [0.3, 0.4) is 0 Å². The highest BCUT2D eigenvalue weighted by Crippen LogP contribution is 2.32. The molecule has 1 aliphatic rings. The molecule has 1 rings (SSSR count). The van der Waals surface area contributed by atoms with E-state index in [9.17, 15) is 9.00 Å². The molecule has 1 saturated carbocycles. The number of carboxylic acids is 1. The molecule has 0 amide bonds. The maximum absolute atomic E-state index is 10.6. The number of hydrogen-bond donors (Lipinski definition) is 3. The summed E-state index contributed by atoms with van der Waals surface area (Å²) in [5.74, 6) is -0.544. The fourth-order valence-corrected chi connectivity index (χ4v) is 2.20. The van der Waals surface area contributed by atoms with Crippen molar-refractivity contribution in [2.24, 2.45) is 11.8 Å². The first-order valence-electron chi connectivity index (χ1n) is 4.66. The van der Waals surface area contributed by atoms with Crippen molar-refractivity contribution in [1.82, 2.24) is 4.72 Å². The lowest BCUT2D eigenvalue weighted by Gasteiger charge is -2.08. The van der Waals surface area contributed by atoms with E-state index in [4.69, 9.17) is 9.66 Å². The van der Waals surface area contributed by atoms with Gasteiger partial charge in [0.25, 0.3) is 0 Å². The largest absolute Gasteiger partial charge is 0.481 e. The number of aliphatic carboxylic acids is 1. The van der Waals surface area contributed by atoms with Gasteiger partial charge in [0.1, 0.15) is 0 Å². The first kappa shape index (κ1) is 11.6. The predicted octanol–water partition coefficient (Wildman–Crippen LogP) is 0.604. The quantitative estimate of drug-likeness (QED) is 0.593. The van der Waals surface area contributed by atoms with Gasteiger partial charge >= 0.3 is 5.97 Å². The molecular weight excluding hydrogens is 206 g/mol. The number of nitrogens with one attached hydrogen (secondary N) is 1. The lowest BCUT2D eigenvalue weighted by molar-refractivity contribution is -0.141. The zero-order chi connectivity index (χ0) is 10.6. The highest BCUT2D eigenvalue weighted by Gasteiger charge is 2.29. The molecule has 1 fully saturated rings. The normalized spacial score (nSPS) is 28.9. The topological polar surface area (TPSA) is 86.6 Å². The van der Waals surface area contributed by atoms with Crippen LogP contribution >= 0.6 is 0 Å². The molecule has 3 unspecified atom stereocenters. The summed E-state index contributed by atoms with van der Waals surface area (Å²) in [6.45, 7) is 0.472. The average Bonchev–Trinajstić information content (AvgIpc) is 2.52. The third kappa shape index (κ3) is 3.73. The van der Waals surface area contributed by atoms with Crippen LogP contribution in [0.1, 0.15) is 25.7 Å². The van der Waals surface area contributed by atoms with E-state index in [-0.39, 0.29) is 5.92 Å². The third-order valence-electron chi connectivity index (χ3n) is 2.67. The fraction of sp³-hybridized carbons (Fsp3) is 0.875. The highest BCUT2D eigenvalue weighted by molar-refractivity contribution is 7.77. The minimum Gasteiger partial charge on any atom is -0.481 e. The van der Waals surface area contributed by atoms with E-state index in [1.807, 2.05) is 0 Å². The zero-order valence-corrected chi connectivity index (χ0v) is 8.63. The molecule has 14 heavy (non-hydrogen) atoms. The first-order valence-corrected chi connectivity index (χ1v) is 5.77. The summed E-state index contributed by atoms with van der Waals surface area (Å²) in [4.78, 5) is 10.6. The van der Waals surface area contributed by atoms with E-state index in [2.05, 4.69) is 4.72 Å². The molecule has 0 aromatic rings. The highest BCUT2D eigenvalue weighted by atomic mass is 32.2. The van der Waals surface area contributed by atoms with Gasteiger partial charge < -0.3 is 5.11 Å². The summed E-state index contributed by atoms with van der Waals surface area (Å²) in [6.07, 6.45) is 3.13. The van der Waals surface area contributed by atoms with Gasteiger partial charge in [-0.3, -0.25) is 9.35 Å². The van der Waals surface area contributed by atoms with Gasteiger partial charge in [-0.05, 0) is 31.6 Å². The Balaban J connectivity index is 2.16. The second-order valence-electron chi connectivity index (χ2n) is 3.65. The molecule has 6 heteroatoms. The maximum atomic E-state index is 10.6. The van der Waals surface area contributed by atoms with Crippen molar-refractivity contribution in [2.45, 2.75) is 25.7 Å². The maximum Gasteiger partial charge on any atom is 0.306 e. The van der Waals surface area contributed by atoms with E-state index in [1.165, 1.54) is 0 Å². The monoisotopic (exact) mass is 221 g/mol. The Morgan fingerprint density at radius 3 is 2.71 bits per heavy atom. The first-order chi connectivity index (χ1) is 6.59. The Morgan fingerprint density at radius 2 is 2.21 bits per heavy atom. The van der Waals surface area contributed by atoms with Gasteiger partial charge in [-0.25, -0.2) is 8.93 Å². The minimum atomic E-state index is -1.95. The number of carbonyl (C=O) groups is 1. The fourth-order valence-electron chi connectivity index (χ4n) is 1.91. The van der Waals surface area contributed by atoms with Gasteiger partial charge in [-0.15, -0.1) is 0 Å². The van der Waals surface area contributed by atoms with Gasteiger partial charge in [0, 0.05) is 6.54 Å². The second-order valence-corrected chi connectivity index (χ2v) is 4.43. The molecule has 0 aromatic heterocycles. The standard InChI is InChI=1S/C8H15NO4S/c10-8(11)7-2-1-6(5-7)3-4-9-14(12)13/h6-7,9H,1-5H2,(H,10,11)(H,12,13). The number of rotatable bonds is 5. The second kappa shape index (κ2) is 5.43. The Morgan fingerprint density at radius 1 is 1.50 bits per heavy atom. The predicted molar refractivity (Wildman–Crippen MR) is 51.9 cm³/mol. The third-order valence-corrected chi connectivity index (χ3v) is 3.12. The van der Waals surface area contributed by atoms with Gasteiger partial charge in [0.15, 0.2) is 0 Å². The van der Waals surface area contributed by atoms with Gasteiger partial charge in [-0.2, -0.15) is 0 Å². The molecule has 0 spiro atoms. The number of carboxylic acid groups (broad SMARTS) is 1. The van der Waals surface area contributed by atoms with Crippen LogP contribution in [0.2, 0.25) is 0 Å². The van der Waals surface area contributed by atoms with Crippen molar-refractivity contribution < 1.29 is 18.7 Å². The van der Waals surface area contributed by atoms with Crippen molar-refractivity contribution in [1.29, 1.82) is 0 Å². The van der Waals surface area contributed by atoms with E-state index in [0.29, 0.717) is 18.9 Å². The van der Waals surface area contributed by atoms with Crippen molar-refractivity contribution >= 4 is 17.2 Å². The molecule has 0 aliphatic heterocycles. The van der Waals surface area contributed by atoms with Crippen molar-refractivity contribution in [3.05, 3.63) is 0 Å². The summed E-state index contributed by atoms with van der Waals surface area (Å²) >= 11 is -1.95. The number of hydrogen-bond acceptors (Lipinski definition) is 2. The SMILES string of the molecule is O=C(O)C1CCC(CCNS(=O)O)C1. The molecule has 0 radical (unpaired) electrons. The molecule has 0 bridgehead atoms. The van der Waals surface area contributed by atoms with E-state index < -0.39 is 17.2 Å². The lowest BCUT2D eigenvalue weighted by atomic mass is 10.0. The van der Waals surface area contributed by atoms with Crippen LogP contribution < -0.4 is 4.72 Å². The van der Waals surface area contributed by atoms with Gasteiger partial charge in [0.05, 0.1) is 5.92 Å². The summed E-state index contributed by atoms with van der Waals surface area (Å²) in [6, 6.07) is 0. The molecule has 0 heterocycles. The van der Waals surface area contributed by atoms with Gasteiger partial charge in [0.2, 0.25) is 11.3 Å². The van der Waals surface area contributed by atoms with Crippen LogP contribution in [-0.4, -0.2) is 26.4 Å². The molecule has 3 N–H and O–H groups in total. The Bertz CT molecular complexity index is 233. The van der Waals surface area contributed by atoms with E-state index in [1.54, 1.807) is 0 Å². The van der Waals surface area contributed by atoms with Crippen LogP contribution in [0.5, 0.6) is 0 Å². The molecular formula is C8H15NO4S. The van der Waals surface area contributed by atoms with Crippen molar-refractivity contribution in [3.8, 4) is 0 Å². The molecule has 1 aliphatic carbocycles. The van der Waals surface area contributed by atoms with Crippen LogP contribution in [0.15, 0.2) is 0 Å². The smallest absolute Gasteiger partial charge is 0.306 e. The van der Waals surface area contributed by atoms with E-state index in [0.717, 1.165) is 19.3 Å². The lowest BCUT2D eigenvalue weighted by Crippen LogP contribution is -2.19. The van der Waals surface area contributed by atoms with Crippen LogP contribution in [0, 0.1) is 11.8 Å². The van der Waals surface area contributed by atoms with Crippen LogP contribution in [-0.2, 0) is 16.1 Å². The van der Waals surface area contributed by atoms with Crippen LogP contribution in [0.4, 0.5) is 0 Å². The van der Waals surface area contributed by atoms with Gasteiger partial charge in [-0.1, -0.05) is 0 Å². The Kier molecular flexibility index (Phi) is 4.50. The summed E-state index contributed by atoms with van der Waals surface area (Å²) in [7, 11) is 0. The van der Waals surface area contributed by atoms with Crippen molar-refractivity contribution in [3.63, 3.8) is 0 Å². The molecule has 0 aromatic carbocycles. The Hall–Kier alpha value is -0.460. The van der Waals surface area contributed by atoms with Crippen LogP contribution in [0.25, 0.3) is 0 Å². The Labute approximate surface area is 85.3 Å². The molecule has 3 atom stereocenters. The molecule has 82 valence electrons. The molecule has 5 nitrogen and oxygen atoms in total. The summed E-state index contributed by atoms with van der Waals surface area (Å²) in [5, 5.41) is 8.74.